The second-order valence-corrected chi connectivity index (χ2v) is 4.87. The molecule has 0 atom stereocenters. The normalized spacial score (nSPS) is 31.8. The van der Waals surface area contributed by atoms with E-state index in [0.717, 1.165) is 12.8 Å². The highest BCUT2D eigenvalue weighted by Crippen LogP contribution is 2.41. The Morgan fingerprint density at radius 2 is 1.93 bits per heavy atom. The van der Waals surface area contributed by atoms with E-state index in [2.05, 4.69) is 19.2 Å². The van der Waals surface area contributed by atoms with E-state index in [1.807, 2.05) is 0 Å². The number of nitrogens with two attached hydrogens (primary N) is 1. The summed E-state index contributed by atoms with van der Waals surface area (Å²) in [5.74, 6) is 1.03. The van der Waals surface area contributed by atoms with E-state index < -0.39 is 18.3 Å². The molecule has 0 aliphatic heterocycles. The van der Waals surface area contributed by atoms with Crippen LogP contribution in [0.4, 0.5) is 13.2 Å². The van der Waals surface area contributed by atoms with Crippen molar-refractivity contribution >= 4 is 0 Å². The highest BCUT2D eigenvalue weighted by atomic mass is 19.4. The van der Waals surface area contributed by atoms with Gasteiger partial charge in [-0.1, -0.05) is 13.8 Å². The zero-order chi connectivity index (χ0) is 11.7. The van der Waals surface area contributed by atoms with Crippen LogP contribution < -0.4 is 11.1 Å². The largest absolute Gasteiger partial charge is 0.401 e. The first-order valence-corrected chi connectivity index (χ1v) is 5.30. The van der Waals surface area contributed by atoms with Crippen LogP contribution in [0, 0.1) is 11.8 Å². The summed E-state index contributed by atoms with van der Waals surface area (Å²) in [6.07, 6.45) is -2.63. The molecule has 0 saturated heterocycles. The van der Waals surface area contributed by atoms with Crippen molar-refractivity contribution < 1.29 is 13.2 Å². The number of rotatable bonds is 4. The third-order valence-electron chi connectivity index (χ3n) is 3.30. The summed E-state index contributed by atoms with van der Waals surface area (Å²) in [5, 5.41) is 2.56. The van der Waals surface area contributed by atoms with Crippen LogP contribution >= 0.6 is 0 Å². The van der Waals surface area contributed by atoms with Gasteiger partial charge in [0.2, 0.25) is 0 Å². The maximum atomic E-state index is 12.0. The number of halogens is 3. The summed E-state index contributed by atoms with van der Waals surface area (Å²) in [6.45, 7) is 3.53. The van der Waals surface area contributed by atoms with Crippen LogP contribution in [0.2, 0.25) is 0 Å². The minimum Gasteiger partial charge on any atom is -0.329 e. The zero-order valence-electron chi connectivity index (χ0n) is 9.19. The van der Waals surface area contributed by atoms with E-state index in [-0.39, 0.29) is 6.54 Å². The molecule has 3 N–H and O–H groups in total. The van der Waals surface area contributed by atoms with Crippen LogP contribution in [0.25, 0.3) is 0 Å². The van der Waals surface area contributed by atoms with E-state index >= 15 is 0 Å². The maximum Gasteiger partial charge on any atom is 0.401 e. The molecule has 0 unspecified atom stereocenters. The predicted octanol–water partition coefficient (Wildman–Crippen LogP) is 1.90. The van der Waals surface area contributed by atoms with Gasteiger partial charge in [0, 0.05) is 12.1 Å². The third kappa shape index (κ3) is 3.34. The Morgan fingerprint density at radius 3 is 2.27 bits per heavy atom. The van der Waals surface area contributed by atoms with Crippen LogP contribution in [0.1, 0.15) is 26.7 Å². The molecule has 0 amide bonds. The zero-order valence-corrected chi connectivity index (χ0v) is 9.19. The first-order chi connectivity index (χ1) is 6.78. The number of nitrogens with one attached hydrogen (secondary N) is 1. The van der Waals surface area contributed by atoms with Gasteiger partial charge in [0.1, 0.15) is 0 Å². The fourth-order valence-electron chi connectivity index (χ4n) is 2.09. The molecule has 0 aromatic carbocycles. The summed E-state index contributed by atoms with van der Waals surface area (Å²) in [4.78, 5) is 0. The van der Waals surface area contributed by atoms with Crippen LogP contribution in [0.15, 0.2) is 0 Å². The van der Waals surface area contributed by atoms with Crippen LogP contribution in [-0.2, 0) is 0 Å². The first-order valence-electron chi connectivity index (χ1n) is 5.30. The van der Waals surface area contributed by atoms with Gasteiger partial charge in [-0.05, 0) is 24.7 Å². The minimum atomic E-state index is -4.15. The van der Waals surface area contributed by atoms with Gasteiger partial charge in [0.25, 0.3) is 0 Å². The average Bonchev–Trinajstić information content (AvgIpc) is 2.00. The lowest BCUT2D eigenvalue weighted by atomic mass is 9.64. The minimum absolute atomic E-state index is 0.284. The standard InChI is InChI=1S/C10H19F3N2/c1-7(2)8-3-9(4-8,5-14)15-6-10(11,12)13/h7-8,15H,3-6,14H2,1-2H3. The van der Waals surface area contributed by atoms with E-state index in [1.165, 1.54) is 0 Å². The molecule has 15 heavy (non-hydrogen) atoms. The van der Waals surface area contributed by atoms with Crippen LogP contribution in [0.5, 0.6) is 0 Å². The molecule has 0 heterocycles. The molecule has 0 spiro atoms. The van der Waals surface area contributed by atoms with Gasteiger partial charge in [-0.3, -0.25) is 0 Å². The van der Waals surface area contributed by atoms with Gasteiger partial charge < -0.3 is 11.1 Å². The summed E-state index contributed by atoms with van der Waals surface area (Å²) in [5.41, 5.74) is 5.06. The lowest BCUT2D eigenvalue weighted by Gasteiger charge is -2.49. The Balaban J connectivity index is 2.39. The van der Waals surface area contributed by atoms with Crippen molar-refractivity contribution in [3.8, 4) is 0 Å². The lowest BCUT2D eigenvalue weighted by molar-refractivity contribution is -0.133. The van der Waals surface area contributed by atoms with Gasteiger partial charge >= 0.3 is 6.18 Å². The molecule has 0 radical (unpaired) electrons. The van der Waals surface area contributed by atoms with Crippen molar-refractivity contribution in [1.82, 2.24) is 5.32 Å². The number of alkyl halides is 3. The summed E-state index contributed by atoms with van der Waals surface area (Å²) in [6, 6.07) is 0. The molecule has 5 heteroatoms. The molecular weight excluding hydrogens is 205 g/mol. The lowest BCUT2D eigenvalue weighted by Crippen LogP contribution is -2.62. The second kappa shape index (κ2) is 4.29. The fourth-order valence-corrected chi connectivity index (χ4v) is 2.09. The SMILES string of the molecule is CC(C)C1CC(CN)(NCC(F)(F)F)C1. The molecule has 90 valence electrons. The van der Waals surface area contributed by atoms with Crippen LogP contribution in [-0.4, -0.2) is 24.8 Å². The van der Waals surface area contributed by atoms with Gasteiger partial charge in [0.15, 0.2) is 0 Å². The topological polar surface area (TPSA) is 38.0 Å². The molecule has 0 bridgehead atoms. The molecule has 1 aliphatic rings. The number of hydrogen-bond donors (Lipinski definition) is 2. The monoisotopic (exact) mass is 224 g/mol. The van der Waals surface area contributed by atoms with Crippen molar-refractivity contribution in [2.75, 3.05) is 13.1 Å². The highest BCUT2D eigenvalue weighted by Gasteiger charge is 2.45. The second-order valence-electron chi connectivity index (χ2n) is 4.87. The van der Waals surface area contributed by atoms with E-state index in [9.17, 15) is 13.2 Å². The van der Waals surface area contributed by atoms with E-state index in [4.69, 9.17) is 5.73 Å². The molecule has 1 fully saturated rings. The Kier molecular flexibility index (Phi) is 3.66. The van der Waals surface area contributed by atoms with Crippen molar-refractivity contribution in [3.05, 3.63) is 0 Å². The van der Waals surface area contributed by atoms with E-state index in [1.54, 1.807) is 0 Å². The molecule has 1 saturated carbocycles. The third-order valence-corrected chi connectivity index (χ3v) is 3.30. The Hall–Kier alpha value is -0.290. The molecule has 2 nitrogen and oxygen atoms in total. The van der Waals surface area contributed by atoms with Crippen LogP contribution in [0.3, 0.4) is 0 Å². The molecule has 1 aliphatic carbocycles. The Labute approximate surface area is 88.4 Å². The van der Waals surface area contributed by atoms with Gasteiger partial charge in [-0.25, -0.2) is 0 Å². The average molecular weight is 224 g/mol. The molecular formula is C10H19F3N2. The van der Waals surface area contributed by atoms with Crippen molar-refractivity contribution in [1.29, 1.82) is 0 Å². The van der Waals surface area contributed by atoms with E-state index in [0.29, 0.717) is 11.8 Å². The smallest absolute Gasteiger partial charge is 0.329 e. The first kappa shape index (κ1) is 12.8. The molecule has 0 aromatic rings. The maximum absolute atomic E-state index is 12.0. The van der Waals surface area contributed by atoms with Crippen molar-refractivity contribution in [2.45, 2.75) is 38.4 Å². The predicted molar refractivity (Wildman–Crippen MR) is 53.4 cm³/mol. The molecule has 1 rings (SSSR count). The van der Waals surface area contributed by atoms with Gasteiger partial charge in [-0.2, -0.15) is 13.2 Å². The van der Waals surface area contributed by atoms with Crippen molar-refractivity contribution in [3.63, 3.8) is 0 Å². The van der Waals surface area contributed by atoms with Crippen molar-refractivity contribution in [2.24, 2.45) is 17.6 Å². The Bertz CT molecular complexity index is 207. The fraction of sp³-hybridized carbons (Fsp3) is 1.00. The highest BCUT2D eigenvalue weighted by molar-refractivity contribution is 5.02. The summed E-state index contributed by atoms with van der Waals surface area (Å²) in [7, 11) is 0. The molecule has 0 aromatic heterocycles. The van der Waals surface area contributed by atoms with Gasteiger partial charge in [-0.15, -0.1) is 0 Å². The quantitative estimate of drug-likeness (QED) is 0.765. The Morgan fingerprint density at radius 1 is 1.40 bits per heavy atom. The summed E-state index contributed by atoms with van der Waals surface area (Å²) >= 11 is 0. The van der Waals surface area contributed by atoms with Gasteiger partial charge in [0.05, 0.1) is 6.54 Å². The summed E-state index contributed by atoms with van der Waals surface area (Å²) < 4.78 is 36.1. The number of hydrogen-bond acceptors (Lipinski definition) is 2.